The Bertz CT molecular complexity index is 1070. The maximum atomic E-state index is 12.7. The second kappa shape index (κ2) is 8.00. The van der Waals surface area contributed by atoms with E-state index < -0.39 is 6.61 Å². The van der Waals surface area contributed by atoms with Gasteiger partial charge in [-0.1, -0.05) is 18.2 Å². The highest BCUT2D eigenvalue weighted by Gasteiger charge is 2.22. The van der Waals surface area contributed by atoms with Crippen LogP contribution in [0.15, 0.2) is 53.3 Å². The van der Waals surface area contributed by atoms with E-state index in [1.54, 1.807) is 42.5 Å². The molecular formula is C21H20F2N4O2. The van der Waals surface area contributed by atoms with Crippen LogP contribution in [0.5, 0.6) is 5.75 Å². The number of nitrogens with one attached hydrogen (secondary N) is 1. The van der Waals surface area contributed by atoms with Crippen LogP contribution >= 0.6 is 0 Å². The van der Waals surface area contributed by atoms with Crippen LogP contribution < -0.4 is 16.0 Å². The molecule has 2 heterocycles. The monoisotopic (exact) mass is 398 g/mol. The largest absolute Gasteiger partial charge is 0.434 e. The highest BCUT2D eigenvalue weighted by atomic mass is 19.3. The van der Waals surface area contributed by atoms with E-state index in [0.29, 0.717) is 54.4 Å². The smallest absolute Gasteiger partial charge is 0.387 e. The van der Waals surface area contributed by atoms with E-state index >= 15 is 0 Å². The molecule has 0 unspecified atom stereocenters. The van der Waals surface area contributed by atoms with Crippen molar-refractivity contribution in [3.05, 3.63) is 75.7 Å². The summed E-state index contributed by atoms with van der Waals surface area (Å²) in [5.41, 5.74) is 9.00. The number of aromatic nitrogens is 2. The van der Waals surface area contributed by atoms with Crippen molar-refractivity contribution >= 4 is 5.69 Å². The van der Waals surface area contributed by atoms with Crippen molar-refractivity contribution in [2.24, 2.45) is 0 Å². The lowest BCUT2D eigenvalue weighted by molar-refractivity contribution is -0.0508. The standard InChI is InChI=1S/C21H20F2N4O2/c22-21(23)29-18-4-2-1-3-14(18)11-27-10-9-16-17(12-27)25-19(26-20(16)28)13-5-7-15(24)8-6-13/h1-8,21H,9-12,24H2,(H,25,26,28). The second-order valence-corrected chi connectivity index (χ2v) is 6.91. The first-order valence-electron chi connectivity index (χ1n) is 9.22. The van der Waals surface area contributed by atoms with Crippen LogP contribution in [-0.2, 0) is 19.5 Å². The molecule has 0 saturated heterocycles. The van der Waals surface area contributed by atoms with Crippen molar-refractivity contribution in [2.45, 2.75) is 26.1 Å². The molecule has 1 aliphatic heterocycles. The summed E-state index contributed by atoms with van der Waals surface area (Å²) in [7, 11) is 0. The molecule has 4 rings (SSSR count). The van der Waals surface area contributed by atoms with E-state index in [0.717, 1.165) is 5.56 Å². The first kappa shape index (κ1) is 19.1. The summed E-state index contributed by atoms with van der Waals surface area (Å²) < 4.78 is 29.9. The Balaban J connectivity index is 1.58. The number of hydrogen-bond donors (Lipinski definition) is 2. The molecule has 29 heavy (non-hydrogen) atoms. The summed E-state index contributed by atoms with van der Waals surface area (Å²) in [5, 5.41) is 0. The molecule has 0 fully saturated rings. The van der Waals surface area contributed by atoms with Crippen LogP contribution in [0.2, 0.25) is 0 Å². The molecule has 2 aromatic carbocycles. The summed E-state index contributed by atoms with van der Waals surface area (Å²) >= 11 is 0. The number of benzene rings is 2. The molecule has 3 aromatic rings. The molecule has 0 radical (unpaired) electrons. The van der Waals surface area contributed by atoms with Gasteiger partial charge in [-0.25, -0.2) is 4.98 Å². The zero-order chi connectivity index (χ0) is 20.4. The van der Waals surface area contributed by atoms with Crippen molar-refractivity contribution in [1.29, 1.82) is 0 Å². The Labute approximate surface area is 166 Å². The summed E-state index contributed by atoms with van der Waals surface area (Å²) in [6.07, 6.45) is 0.539. The first-order valence-corrected chi connectivity index (χ1v) is 9.22. The molecule has 150 valence electrons. The Morgan fingerprint density at radius 3 is 2.69 bits per heavy atom. The average Bonchev–Trinajstić information content (AvgIpc) is 2.69. The Hall–Kier alpha value is -3.26. The van der Waals surface area contributed by atoms with Crippen LogP contribution in [0, 0.1) is 0 Å². The fourth-order valence-corrected chi connectivity index (χ4v) is 3.49. The average molecular weight is 398 g/mol. The minimum absolute atomic E-state index is 0.150. The lowest BCUT2D eigenvalue weighted by Crippen LogP contribution is -2.35. The quantitative estimate of drug-likeness (QED) is 0.645. The van der Waals surface area contributed by atoms with Gasteiger partial charge in [0.2, 0.25) is 0 Å². The second-order valence-electron chi connectivity index (χ2n) is 6.91. The molecule has 0 atom stereocenters. The minimum atomic E-state index is -2.87. The van der Waals surface area contributed by atoms with Gasteiger partial charge in [-0.2, -0.15) is 8.78 Å². The summed E-state index contributed by atoms with van der Waals surface area (Å²) in [5.74, 6) is 0.645. The van der Waals surface area contributed by atoms with Crippen LogP contribution in [0.3, 0.4) is 0 Å². The van der Waals surface area contributed by atoms with E-state index in [9.17, 15) is 13.6 Å². The molecule has 0 bridgehead atoms. The molecule has 0 spiro atoms. The van der Waals surface area contributed by atoms with E-state index in [1.807, 2.05) is 0 Å². The van der Waals surface area contributed by atoms with Gasteiger partial charge >= 0.3 is 6.61 Å². The Morgan fingerprint density at radius 1 is 1.17 bits per heavy atom. The summed E-state index contributed by atoms with van der Waals surface area (Å²) in [6.45, 7) is -1.37. The number of H-pyrrole nitrogens is 1. The van der Waals surface area contributed by atoms with E-state index in [1.165, 1.54) is 6.07 Å². The number of para-hydroxylation sites is 1. The molecule has 0 aliphatic carbocycles. The maximum Gasteiger partial charge on any atom is 0.387 e. The summed E-state index contributed by atoms with van der Waals surface area (Å²) in [4.78, 5) is 22.1. The normalized spacial score (nSPS) is 14.0. The molecule has 0 amide bonds. The molecule has 1 aliphatic rings. The maximum absolute atomic E-state index is 12.7. The number of fused-ring (bicyclic) bond motifs is 1. The van der Waals surface area contributed by atoms with Gasteiger partial charge in [-0.15, -0.1) is 0 Å². The van der Waals surface area contributed by atoms with Crippen LogP contribution in [0.4, 0.5) is 14.5 Å². The van der Waals surface area contributed by atoms with Crippen LogP contribution in [0.1, 0.15) is 16.8 Å². The van der Waals surface area contributed by atoms with Crippen LogP contribution in [0.25, 0.3) is 11.4 Å². The number of nitrogen functional groups attached to an aromatic ring is 1. The number of anilines is 1. The number of nitrogens with zero attached hydrogens (tertiary/aromatic N) is 2. The van der Waals surface area contributed by atoms with Crippen LogP contribution in [-0.4, -0.2) is 28.0 Å². The predicted octanol–water partition coefficient (Wildman–Crippen LogP) is 3.18. The summed E-state index contributed by atoms with van der Waals surface area (Å²) in [6, 6.07) is 13.8. The number of aromatic amines is 1. The van der Waals surface area contributed by atoms with E-state index in [4.69, 9.17) is 5.73 Å². The van der Waals surface area contributed by atoms with Crippen molar-refractivity contribution in [3.63, 3.8) is 0 Å². The zero-order valence-electron chi connectivity index (χ0n) is 15.6. The molecule has 8 heteroatoms. The van der Waals surface area contributed by atoms with Crippen molar-refractivity contribution in [2.75, 3.05) is 12.3 Å². The molecule has 0 saturated carbocycles. The van der Waals surface area contributed by atoms with Gasteiger partial charge < -0.3 is 15.5 Å². The lowest BCUT2D eigenvalue weighted by atomic mass is 10.0. The van der Waals surface area contributed by atoms with Gasteiger partial charge in [0.15, 0.2) is 0 Å². The van der Waals surface area contributed by atoms with E-state index in [-0.39, 0.29) is 11.3 Å². The Morgan fingerprint density at radius 2 is 1.93 bits per heavy atom. The lowest BCUT2D eigenvalue weighted by Gasteiger charge is -2.28. The number of ether oxygens (including phenoxy) is 1. The number of alkyl halides is 2. The predicted molar refractivity (Wildman–Crippen MR) is 106 cm³/mol. The topological polar surface area (TPSA) is 84.2 Å². The third-order valence-corrected chi connectivity index (χ3v) is 4.92. The minimum Gasteiger partial charge on any atom is -0.434 e. The highest BCUT2D eigenvalue weighted by Crippen LogP contribution is 2.25. The number of rotatable bonds is 5. The molecular weight excluding hydrogens is 378 g/mol. The fraction of sp³-hybridized carbons (Fsp3) is 0.238. The SMILES string of the molecule is Nc1ccc(-c2nc3c(c(=O)[nH]2)CCN(Cc2ccccc2OC(F)F)C3)cc1. The molecule has 6 nitrogen and oxygen atoms in total. The third-order valence-electron chi connectivity index (χ3n) is 4.92. The number of nitrogens with two attached hydrogens (primary N) is 1. The van der Waals surface area contributed by atoms with Gasteiger partial charge in [0.1, 0.15) is 11.6 Å². The number of halogens is 2. The van der Waals surface area contributed by atoms with Gasteiger partial charge in [-0.05, 0) is 36.8 Å². The number of hydrogen-bond acceptors (Lipinski definition) is 5. The van der Waals surface area contributed by atoms with Crippen molar-refractivity contribution in [3.8, 4) is 17.1 Å². The zero-order valence-corrected chi connectivity index (χ0v) is 15.6. The van der Waals surface area contributed by atoms with Crippen molar-refractivity contribution < 1.29 is 13.5 Å². The molecule has 1 aromatic heterocycles. The van der Waals surface area contributed by atoms with Gasteiger partial charge in [0, 0.05) is 42.0 Å². The van der Waals surface area contributed by atoms with E-state index in [2.05, 4.69) is 19.6 Å². The fourth-order valence-electron chi connectivity index (χ4n) is 3.49. The molecule has 3 N–H and O–H groups in total. The van der Waals surface area contributed by atoms with Gasteiger partial charge in [0.25, 0.3) is 5.56 Å². The third kappa shape index (κ3) is 4.27. The Kier molecular flexibility index (Phi) is 5.26. The van der Waals surface area contributed by atoms with Gasteiger partial charge in [0.05, 0.1) is 5.69 Å². The first-order chi connectivity index (χ1) is 14.0. The highest BCUT2D eigenvalue weighted by molar-refractivity contribution is 5.58. The van der Waals surface area contributed by atoms with Crippen molar-refractivity contribution in [1.82, 2.24) is 14.9 Å². The van der Waals surface area contributed by atoms with Gasteiger partial charge in [-0.3, -0.25) is 9.69 Å².